The van der Waals surface area contributed by atoms with Crippen LogP contribution in [-0.2, 0) is 28.7 Å². The number of carbonyl (C=O) groups is 4. The van der Waals surface area contributed by atoms with Crippen molar-refractivity contribution in [3.8, 4) is 0 Å². The third-order valence-corrected chi connectivity index (χ3v) is 3.78. The summed E-state index contributed by atoms with van der Waals surface area (Å²) in [6.45, 7) is 11.3. The second-order valence-corrected chi connectivity index (χ2v) is 7.18. The largest absolute Gasteiger partial charge is 0.366 e. The molecule has 0 aromatic rings. The molecule has 1 saturated heterocycles. The van der Waals surface area contributed by atoms with Crippen LogP contribution in [0, 0.1) is 0 Å². The molecular formula is C22H28O6. The molecule has 2 heterocycles. The van der Waals surface area contributed by atoms with Gasteiger partial charge in [0.2, 0.25) is 0 Å². The van der Waals surface area contributed by atoms with E-state index >= 15 is 0 Å². The molecule has 28 heavy (non-hydrogen) atoms. The topological polar surface area (TPSA) is 86.7 Å². The average Bonchev–Trinajstić information content (AvgIpc) is 2.53. The van der Waals surface area contributed by atoms with E-state index in [-0.39, 0.29) is 49.6 Å². The number of Topliss-reactive ketones (excluding diaryl/α,β-unsaturated/α-hetero) is 2. The molecule has 0 N–H and O–H groups in total. The summed E-state index contributed by atoms with van der Waals surface area (Å²) < 4.78 is 9.89. The molecule has 0 radical (unpaired) electrons. The monoisotopic (exact) mass is 388 g/mol. The Morgan fingerprint density at radius 1 is 0.643 bits per heavy atom. The Balaban J connectivity index is 0.000000280. The van der Waals surface area contributed by atoms with Gasteiger partial charge < -0.3 is 9.47 Å². The minimum absolute atomic E-state index is 0.00400. The molecule has 152 valence electrons. The maximum absolute atomic E-state index is 11.2. The van der Waals surface area contributed by atoms with Gasteiger partial charge in [-0.1, -0.05) is 35.5 Å². The fourth-order valence-corrected chi connectivity index (χ4v) is 2.84. The van der Waals surface area contributed by atoms with Gasteiger partial charge in [0, 0.05) is 12.8 Å². The second kappa shape index (κ2) is 12.1. The number of rotatable bonds is 0. The standard InChI is InChI=1S/2C11H14O3/c2*1-8-3-9(2)5-11(13)7-14-6-10(12)4-8/h4-5H,3,6-7H2,1-2H3;1-7H2/b8-4-,9-5-;. The lowest BCUT2D eigenvalue weighted by atomic mass is 9.99. The van der Waals surface area contributed by atoms with Gasteiger partial charge in [-0.25, -0.2) is 0 Å². The maximum Gasteiger partial charge on any atom is 0.181 e. The van der Waals surface area contributed by atoms with Gasteiger partial charge in [0.05, 0.1) is 0 Å². The van der Waals surface area contributed by atoms with Crippen molar-refractivity contribution in [1.82, 2.24) is 0 Å². The molecule has 0 atom stereocenters. The van der Waals surface area contributed by atoms with Crippen molar-refractivity contribution in [2.75, 3.05) is 26.4 Å². The summed E-state index contributed by atoms with van der Waals surface area (Å²) in [6.07, 6.45) is 5.05. The van der Waals surface area contributed by atoms with E-state index in [1.807, 2.05) is 13.8 Å². The first-order chi connectivity index (χ1) is 13.2. The highest BCUT2D eigenvalue weighted by atomic mass is 16.5. The molecule has 6 heteroatoms. The molecule has 0 aliphatic carbocycles. The highest BCUT2D eigenvalue weighted by Gasteiger charge is 2.13. The molecule has 0 unspecified atom stereocenters. The number of hydrogen-bond acceptors (Lipinski definition) is 6. The minimum Gasteiger partial charge on any atom is -0.366 e. The Labute approximate surface area is 166 Å². The van der Waals surface area contributed by atoms with Crippen molar-refractivity contribution in [3.63, 3.8) is 0 Å². The van der Waals surface area contributed by atoms with Gasteiger partial charge in [-0.05, 0) is 38.8 Å². The van der Waals surface area contributed by atoms with Crippen LogP contribution in [0.3, 0.4) is 0 Å². The van der Waals surface area contributed by atoms with Gasteiger partial charge in [-0.2, -0.15) is 0 Å². The van der Waals surface area contributed by atoms with Crippen LogP contribution in [0.2, 0.25) is 0 Å². The maximum atomic E-state index is 11.2. The molecule has 0 spiro atoms. The summed E-state index contributed by atoms with van der Waals surface area (Å²) in [5.41, 5.74) is 3.53. The Morgan fingerprint density at radius 3 is 1.46 bits per heavy atom. The van der Waals surface area contributed by atoms with E-state index in [4.69, 9.17) is 9.47 Å². The second-order valence-electron chi connectivity index (χ2n) is 7.18. The third-order valence-electron chi connectivity index (χ3n) is 3.78. The lowest BCUT2D eigenvalue weighted by molar-refractivity contribution is -0.128. The van der Waals surface area contributed by atoms with Gasteiger partial charge in [-0.15, -0.1) is 0 Å². The van der Waals surface area contributed by atoms with Crippen LogP contribution in [-0.4, -0.2) is 49.6 Å². The van der Waals surface area contributed by atoms with Crippen molar-refractivity contribution in [1.29, 1.82) is 0 Å². The lowest BCUT2D eigenvalue weighted by Gasteiger charge is -2.11. The smallest absolute Gasteiger partial charge is 0.181 e. The first kappa shape index (κ1) is 23.6. The van der Waals surface area contributed by atoms with Crippen molar-refractivity contribution in [2.24, 2.45) is 0 Å². The molecule has 1 fully saturated rings. The molecule has 0 saturated carbocycles. The molecule has 2 aliphatic rings. The van der Waals surface area contributed by atoms with E-state index in [1.165, 1.54) is 0 Å². The Bertz CT molecular complexity index is 665. The fourth-order valence-electron chi connectivity index (χ4n) is 2.84. The number of hydrogen-bond donors (Lipinski definition) is 0. The van der Waals surface area contributed by atoms with E-state index < -0.39 is 0 Å². The van der Waals surface area contributed by atoms with Crippen LogP contribution < -0.4 is 0 Å². The minimum atomic E-state index is -0.0787. The van der Waals surface area contributed by atoms with Crippen LogP contribution in [0.5, 0.6) is 0 Å². The van der Waals surface area contributed by atoms with Gasteiger partial charge in [0.15, 0.2) is 23.1 Å². The first-order valence-corrected chi connectivity index (χ1v) is 9.08. The van der Waals surface area contributed by atoms with Crippen LogP contribution >= 0.6 is 0 Å². The molecule has 0 amide bonds. The van der Waals surface area contributed by atoms with E-state index in [1.54, 1.807) is 12.2 Å². The van der Waals surface area contributed by atoms with Crippen molar-refractivity contribution in [3.05, 3.63) is 47.6 Å². The molecule has 0 aromatic heterocycles. The average molecular weight is 388 g/mol. The Morgan fingerprint density at radius 2 is 1.04 bits per heavy atom. The van der Waals surface area contributed by atoms with Crippen molar-refractivity contribution < 1.29 is 28.7 Å². The van der Waals surface area contributed by atoms with Crippen LogP contribution in [0.15, 0.2) is 47.6 Å². The Kier molecular flexibility index (Phi) is 10.2. The zero-order valence-corrected chi connectivity index (χ0v) is 16.7. The fraction of sp³-hybridized carbons (Fsp3) is 0.455. The molecule has 0 aromatic carbocycles. The van der Waals surface area contributed by atoms with E-state index in [0.717, 1.165) is 22.3 Å². The summed E-state index contributed by atoms with van der Waals surface area (Å²) >= 11 is 0. The van der Waals surface area contributed by atoms with Gasteiger partial charge in [0.25, 0.3) is 0 Å². The van der Waals surface area contributed by atoms with Crippen LogP contribution in [0.1, 0.15) is 39.5 Å². The number of ether oxygens (including phenoxy) is 2. The van der Waals surface area contributed by atoms with Crippen LogP contribution in [0.25, 0.3) is 0 Å². The summed E-state index contributed by atoms with van der Waals surface area (Å²) in [4.78, 5) is 44.8. The summed E-state index contributed by atoms with van der Waals surface area (Å²) in [7, 11) is 0. The van der Waals surface area contributed by atoms with Gasteiger partial charge in [-0.3, -0.25) is 19.2 Å². The highest BCUT2D eigenvalue weighted by Crippen LogP contribution is 2.16. The predicted molar refractivity (Wildman–Crippen MR) is 106 cm³/mol. The normalized spacial score (nSPS) is 24.4. The number of allylic oxidation sites excluding steroid dienone is 4. The van der Waals surface area contributed by atoms with Gasteiger partial charge >= 0.3 is 0 Å². The molecule has 2 rings (SSSR count). The lowest BCUT2D eigenvalue weighted by Crippen LogP contribution is -2.17. The molecule has 2 aliphatic heterocycles. The van der Waals surface area contributed by atoms with E-state index in [0.29, 0.717) is 25.7 Å². The molecule has 6 nitrogen and oxygen atoms in total. The van der Waals surface area contributed by atoms with E-state index in [2.05, 4.69) is 13.2 Å². The first-order valence-electron chi connectivity index (χ1n) is 9.08. The van der Waals surface area contributed by atoms with Gasteiger partial charge in [0.1, 0.15) is 26.4 Å². The Hall–Kier alpha value is -2.44. The highest BCUT2D eigenvalue weighted by molar-refractivity contribution is 5.94. The van der Waals surface area contributed by atoms with Crippen LogP contribution in [0.4, 0.5) is 0 Å². The zero-order valence-electron chi connectivity index (χ0n) is 16.7. The number of ketones is 4. The van der Waals surface area contributed by atoms with E-state index in [9.17, 15) is 19.2 Å². The summed E-state index contributed by atoms with van der Waals surface area (Å²) in [6, 6.07) is 0. The molecule has 0 bridgehead atoms. The summed E-state index contributed by atoms with van der Waals surface area (Å²) in [5, 5.41) is 0. The summed E-state index contributed by atoms with van der Waals surface area (Å²) in [5.74, 6) is -0.218. The zero-order chi connectivity index (χ0) is 21.1. The quantitative estimate of drug-likeness (QED) is 0.593. The van der Waals surface area contributed by atoms with Crippen molar-refractivity contribution in [2.45, 2.75) is 39.5 Å². The SMILES string of the molecule is C/C1=C/C(=O)COCC(=O)/C=C(/C)C1.C=C1CC(=C)CC(=O)COCC(=O)C1. The predicted octanol–water partition coefficient (Wildman–Crippen LogP) is 2.88. The molecular weight excluding hydrogens is 360 g/mol. The van der Waals surface area contributed by atoms with Crippen molar-refractivity contribution >= 4 is 23.1 Å². The number of carbonyl (C=O) groups excluding carboxylic acids is 4. The third kappa shape index (κ3) is 10.6.